The number of hydrogen-bond donors (Lipinski definition) is 1. The van der Waals surface area contributed by atoms with Crippen LogP contribution < -0.4 is 5.32 Å². The van der Waals surface area contributed by atoms with Crippen molar-refractivity contribution in [1.29, 1.82) is 0 Å². The number of amides is 1. The first-order valence-corrected chi connectivity index (χ1v) is 10.8. The van der Waals surface area contributed by atoms with Crippen LogP contribution in [0.3, 0.4) is 0 Å². The molecule has 3 aromatic rings. The number of carbonyl (C=O) groups excluding carboxylic acids is 1. The molecular weight excluding hydrogens is 412 g/mol. The van der Waals surface area contributed by atoms with Gasteiger partial charge < -0.3 is 5.32 Å². The van der Waals surface area contributed by atoms with Crippen molar-refractivity contribution in [2.75, 3.05) is 5.32 Å². The van der Waals surface area contributed by atoms with Crippen molar-refractivity contribution in [2.45, 2.75) is 71.8 Å². The van der Waals surface area contributed by atoms with Crippen molar-refractivity contribution in [1.82, 2.24) is 19.6 Å². The van der Waals surface area contributed by atoms with Gasteiger partial charge in [-0.3, -0.25) is 4.79 Å². The minimum atomic E-state index is -0.945. The highest BCUT2D eigenvalue weighted by Crippen LogP contribution is 2.31. The predicted molar refractivity (Wildman–Crippen MR) is 119 cm³/mol. The number of nitrogens with zero attached hydrogens (tertiary/aromatic N) is 4. The number of carbonyl (C=O) groups is 1. The van der Waals surface area contributed by atoms with Crippen LogP contribution >= 0.6 is 0 Å². The summed E-state index contributed by atoms with van der Waals surface area (Å²) in [5.74, 6) is -1.60. The maximum absolute atomic E-state index is 13.8. The van der Waals surface area contributed by atoms with E-state index >= 15 is 0 Å². The Morgan fingerprint density at radius 2 is 1.72 bits per heavy atom. The fourth-order valence-corrected chi connectivity index (χ4v) is 3.97. The number of aromatic nitrogens is 4. The Kier molecular flexibility index (Phi) is 5.22. The Bertz CT molecular complexity index is 1190. The SMILES string of the molecule is CC(C)(C)c1cc(NC(=O)c2nn(-c3ccc(F)c(F)c3)c3c2CCC3)n(C(C)(C)C)n1. The zero-order valence-electron chi connectivity index (χ0n) is 19.4. The van der Waals surface area contributed by atoms with Gasteiger partial charge in [0, 0.05) is 28.8 Å². The smallest absolute Gasteiger partial charge is 0.277 e. The fraction of sp³-hybridized carbons (Fsp3) is 0.458. The van der Waals surface area contributed by atoms with Gasteiger partial charge in [0.15, 0.2) is 17.3 Å². The van der Waals surface area contributed by atoms with Gasteiger partial charge in [-0.05, 0) is 52.2 Å². The van der Waals surface area contributed by atoms with Crippen LogP contribution in [0.25, 0.3) is 5.69 Å². The van der Waals surface area contributed by atoms with Crippen molar-refractivity contribution in [3.05, 3.63) is 58.5 Å². The van der Waals surface area contributed by atoms with Gasteiger partial charge in [-0.25, -0.2) is 18.1 Å². The summed E-state index contributed by atoms with van der Waals surface area (Å²) in [6.07, 6.45) is 2.32. The lowest BCUT2D eigenvalue weighted by atomic mass is 9.92. The van der Waals surface area contributed by atoms with Crippen LogP contribution in [0.5, 0.6) is 0 Å². The standard InChI is InChI=1S/C24H29F2N5O/c1-23(2,3)19-13-20(31(28-19)24(4,5)6)27-22(32)21-15-8-7-9-18(15)30(29-21)14-10-11-16(25)17(26)12-14/h10-13H,7-9H2,1-6H3,(H,27,32). The number of anilines is 1. The van der Waals surface area contributed by atoms with E-state index in [1.165, 1.54) is 6.07 Å². The van der Waals surface area contributed by atoms with Crippen LogP contribution in [0.15, 0.2) is 24.3 Å². The molecule has 32 heavy (non-hydrogen) atoms. The van der Waals surface area contributed by atoms with E-state index in [9.17, 15) is 13.6 Å². The second-order valence-electron chi connectivity index (χ2n) is 10.3. The van der Waals surface area contributed by atoms with Crippen LogP contribution in [0, 0.1) is 11.6 Å². The molecule has 0 spiro atoms. The molecule has 1 aliphatic carbocycles. The molecule has 0 radical (unpaired) electrons. The summed E-state index contributed by atoms with van der Waals surface area (Å²) in [7, 11) is 0. The summed E-state index contributed by atoms with van der Waals surface area (Å²) in [6, 6.07) is 5.54. The van der Waals surface area contributed by atoms with Gasteiger partial charge in [-0.15, -0.1) is 0 Å². The number of hydrogen-bond acceptors (Lipinski definition) is 3. The van der Waals surface area contributed by atoms with E-state index in [0.717, 1.165) is 41.9 Å². The zero-order chi connectivity index (χ0) is 23.4. The average Bonchev–Trinajstić information content (AvgIpc) is 3.37. The number of nitrogens with one attached hydrogen (secondary N) is 1. The molecule has 6 nitrogen and oxygen atoms in total. The molecule has 0 saturated carbocycles. The Labute approximate surface area is 186 Å². The Morgan fingerprint density at radius 3 is 2.34 bits per heavy atom. The second-order valence-corrected chi connectivity index (χ2v) is 10.3. The number of rotatable bonds is 3. The minimum absolute atomic E-state index is 0.175. The van der Waals surface area contributed by atoms with E-state index < -0.39 is 11.6 Å². The molecule has 1 aromatic carbocycles. The highest BCUT2D eigenvalue weighted by molar-refractivity contribution is 6.03. The van der Waals surface area contributed by atoms with Crippen molar-refractivity contribution < 1.29 is 13.6 Å². The third-order valence-electron chi connectivity index (χ3n) is 5.65. The molecule has 1 aliphatic rings. The highest BCUT2D eigenvalue weighted by atomic mass is 19.2. The second kappa shape index (κ2) is 7.53. The van der Waals surface area contributed by atoms with E-state index in [1.54, 1.807) is 4.68 Å². The molecule has 1 amide bonds. The quantitative estimate of drug-likeness (QED) is 0.612. The number of fused-ring (bicyclic) bond motifs is 1. The summed E-state index contributed by atoms with van der Waals surface area (Å²) in [5.41, 5.74) is 2.79. The monoisotopic (exact) mass is 441 g/mol. The molecule has 4 rings (SSSR count). The summed E-state index contributed by atoms with van der Waals surface area (Å²) in [4.78, 5) is 13.3. The molecular formula is C24H29F2N5O. The van der Waals surface area contributed by atoms with Crippen molar-refractivity contribution in [2.24, 2.45) is 0 Å². The van der Waals surface area contributed by atoms with Gasteiger partial charge in [0.2, 0.25) is 0 Å². The Hall–Kier alpha value is -3.03. The molecule has 8 heteroatoms. The largest absolute Gasteiger partial charge is 0.305 e. The summed E-state index contributed by atoms with van der Waals surface area (Å²) >= 11 is 0. The van der Waals surface area contributed by atoms with Gasteiger partial charge in [0.05, 0.1) is 16.9 Å². The van der Waals surface area contributed by atoms with Crippen molar-refractivity contribution >= 4 is 11.7 Å². The van der Waals surface area contributed by atoms with E-state index in [0.29, 0.717) is 23.6 Å². The molecule has 2 aromatic heterocycles. The molecule has 0 aliphatic heterocycles. The molecule has 0 bridgehead atoms. The van der Waals surface area contributed by atoms with E-state index in [-0.39, 0.29) is 16.9 Å². The van der Waals surface area contributed by atoms with Crippen LogP contribution in [-0.4, -0.2) is 25.5 Å². The van der Waals surface area contributed by atoms with Crippen LogP contribution in [0.4, 0.5) is 14.6 Å². The molecule has 1 N–H and O–H groups in total. The molecule has 0 fully saturated rings. The lowest BCUT2D eigenvalue weighted by Crippen LogP contribution is -2.27. The lowest BCUT2D eigenvalue weighted by molar-refractivity contribution is 0.101. The number of halogens is 2. The summed E-state index contributed by atoms with van der Waals surface area (Å²) < 4.78 is 30.6. The Balaban J connectivity index is 1.73. The van der Waals surface area contributed by atoms with Crippen molar-refractivity contribution in [3.8, 4) is 5.69 Å². The van der Waals surface area contributed by atoms with Gasteiger partial charge in [-0.1, -0.05) is 20.8 Å². The van der Waals surface area contributed by atoms with Crippen LogP contribution in [0.1, 0.15) is 75.4 Å². The van der Waals surface area contributed by atoms with E-state index in [2.05, 4.69) is 31.2 Å². The van der Waals surface area contributed by atoms with Crippen LogP contribution in [0.2, 0.25) is 0 Å². The maximum atomic E-state index is 13.8. The zero-order valence-corrected chi connectivity index (χ0v) is 19.4. The van der Waals surface area contributed by atoms with Gasteiger partial charge in [-0.2, -0.15) is 10.2 Å². The molecule has 0 unspecified atom stereocenters. The average molecular weight is 442 g/mol. The van der Waals surface area contributed by atoms with Gasteiger partial charge in [0.25, 0.3) is 5.91 Å². The first kappa shape index (κ1) is 22.2. The fourth-order valence-electron chi connectivity index (χ4n) is 3.97. The highest BCUT2D eigenvalue weighted by Gasteiger charge is 2.30. The minimum Gasteiger partial charge on any atom is -0.305 e. The molecule has 0 saturated heterocycles. The van der Waals surface area contributed by atoms with E-state index in [1.807, 2.05) is 31.5 Å². The first-order valence-electron chi connectivity index (χ1n) is 10.8. The molecule has 0 atom stereocenters. The molecule has 170 valence electrons. The normalized spacial score (nSPS) is 14.0. The van der Waals surface area contributed by atoms with Gasteiger partial charge >= 0.3 is 0 Å². The third kappa shape index (κ3) is 3.94. The summed E-state index contributed by atoms with van der Waals surface area (Å²) in [5, 5.41) is 12.2. The van der Waals surface area contributed by atoms with Crippen molar-refractivity contribution in [3.63, 3.8) is 0 Å². The van der Waals surface area contributed by atoms with Gasteiger partial charge in [0.1, 0.15) is 5.82 Å². The predicted octanol–water partition coefficient (Wildman–Crippen LogP) is 5.14. The Morgan fingerprint density at radius 1 is 1.00 bits per heavy atom. The summed E-state index contributed by atoms with van der Waals surface area (Å²) in [6.45, 7) is 12.3. The topological polar surface area (TPSA) is 64.7 Å². The van der Waals surface area contributed by atoms with Crippen LogP contribution in [-0.2, 0) is 23.8 Å². The van der Waals surface area contributed by atoms with E-state index in [4.69, 9.17) is 5.10 Å². The first-order chi connectivity index (χ1) is 14.9. The number of benzene rings is 1. The third-order valence-corrected chi connectivity index (χ3v) is 5.65. The maximum Gasteiger partial charge on any atom is 0.277 e. The molecule has 2 heterocycles. The lowest BCUT2D eigenvalue weighted by Gasteiger charge is -2.23.